The number of anilines is 2. The first-order valence-corrected chi connectivity index (χ1v) is 12.2. The summed E-state index contributed by atoms with van der Waals surface area (Å²) in [5, 5.41) is 3.89. The number of carbonyl (C=O) groups excluding carboxylic acids is 1. The number of ether oxygens (including phenoxy) is 2. The van der Waals surface area contributed by atoms with Gasteiger partial charge in [-0.15, -0.1) is 0 Å². The molecule has 0 saturated carbocycles. The van der Waals surface area contributed by atoms with Gasteiger partial charge < -0.3 is 14.8 Å². The van der Waals surface area contributed by atoms with Gasteiger partial charge in [-0.2, -0.15) is 4.98 Å². The maximum Gasteiger partial charge on any atom is 0.354 e. The number of carbonyl (C=O) groups is 1. The molecule has 0 aliphatic rings. The van der Waals surface area contributed by atoms with Gasteiger partial charge in [0, 0.05) is 29.5 Å². The quantitative estimate of drug-likeness (QED) is 0.237. The van der Waals surface area contributed by atoms with Crippen LogP contribution in [0.2, 0.25) is 10.2 Å². The standard InChI is InChI=1S/C26H23Cl2N5O5/c1-16(23(34)37-2)14-33-25(35)31-24(32(26(33)36)15-17-3-5-18(27)6-4-17)30-19-7-9-20(10-8-19)38-21-11-12-29-22(28)13-21/h3-13,16H,14-15H2,1-2H3,(H,30,31,35)/t16-/m0/s1. The summed E-state index contributed by atoms with van der Waals surface area (Å²) in [5.74, 6) is -0.172. The summed E-state index contributed by atoms with van der Waals surface area (Å²) in [6.45, 7) is 1.49. The van der Waals surface area contributed by atoms with E-state index in [4.69, 9.17) is 32.7 Å². The Morgan fingerprint density at radius 2 is 1.71 bits per heavy atom. The van der Waals surface area contributed by atoms with Crippen molar-refractivity contribution in [3.8, 4) is 11.5 Å². The molecular formula is C26H23Cl2N5O5. The molecule has 0 spiro atoms. The van der Waals surface area contributed by atoms with Crippen molar-refractivity contribution in [2.75, 3.05) is 12.4 Å². The summed E-state index contributed by atoms with van der Waals surface area (Å²) >= 11 is 11.9. The van der Waals surface area contributed by atoms with Gasteiger partial charge in [-0.1, -0.05) is 42.3 Å². The highest BCUT2D eigenvalue weighted by molar-refractivity contribution is 6.30. The molecule has 10 nitrogen and oxygen atoms in total. The monoisotopic (exact) mass is 555 g/mol. The van der Waals surface area contributed by atoms with Gasteiger partial charge in [0.1, 0.15) is 16.7 Å². The van der Waals surface area contributed by atoms with Gasteiger partial charge in [-0.3, -0.25) is 9.36 Å². The molecule has 2 aromatic heterocycles. The molecule has 2 heterocycles. The molecule has 0 radical (unpaired) electrons. The molecule has 1 N–H and O–H groups in total. The molecule has 0 fully saturated rings. The van der Waals surface area contributed by atoms with E-state index < -0.39 is 23.3 Å². The number of esters is 1. The number of halogens is 2. The van der Waals surface area contributed by atoms with Crippen molar-refractivity contribution < 1.29 is 14.3 Å². The second kappa shape index (κ2) is 11.9. The second-order valence-corrected chi connectivity index (χ2v) is 9.14. The number of nitrogens with one attached hydrogen (secondary N) is 1. The zero-order valence-electron chi connectivity index (χ0n) is 20.4. The number of rotatable bonds is 9. The fourth-order valence-electron chi connectivity index (χ4n) is 3.57. The topological polar surface area (TPSA) is 117 Å². The lowest BCUT2D eigenvalue weighted by molar-refractivity contribution is -0.145. The molecule has 0 unspecified atom stereocenters. The van der Waals surface area contributed by atoms with Gasteiger partial charge >= 0.3 is 17.3 Å². The summed E-state index contributed by atoms with van der Waals surface area (Å²) in [6.07, 6.45) is 1.54. The van der Waals surface area contributed by atoms with Crippen LogP contribution in [0.1, 0.15) is 12.5 Å². The van der Waals surface area contributed by atoms with Crippen molar-refractivity contribution in [3.63, 3.8) is 0 Å². The molecule has 0 bridgehead atoms. The number of hydrogen-bond donors (Lipinski definition) is 1. The molecule has 12 heteroatoms. The SMILES string of the molecule is COC(=O)[C@@H](C)Cn1c(=O)nc(Nc2ccc(Oc3ccnc(Cl)c3)cc2)n(Cc2ccc(Cl)cc2)c1=O. The van der Waals surface area contributed by atoms with Crippen molar-refractivity contribution in [3.05, 3.63) is 104 Å². The van der Waals surface area contributed by atoms with Crippen LogP contribution in [0.3, 0.4) is 0 Å². The smallest absolute Gasteiger partial charge is 0.354 e. The highest BCUT2D eigenvalue weighted by Gasteiger charge is 2.20. The minimum absolute atomic E-state index is 0.0338. The van der Waals surface area contributed by atoms with Crippen molar-refractivity contribution in [2.24, 2.45) is 5.92 Å². The van der Waals surface area contributed by atoms with E-state index in [0.717, 1.165) is 10.1 Å². The third-order valence-corrected chi connectivity index (χ3v) is 5.97. The first-order valence-electron chi connectivity index (χ1n) is 11.4. The van der Waals surface area contributed by atoms with E-state index in [2.05, 4.69) is 15.3 Å². The first-order chi connectivity index (χ1) is 18.2. The van der Waals surface area contributed by atoms with Crippen LogP contribution in [0.25, 0.3) is 0 Å². The van der Waals surface area contributed by atoms with Crippen molar-refractivity contribution >= 4 is 40.8 Å². The Balaban J connectivity index is 1.65. The lowest BCUT2D eigenvalue weighted by Crippen LogP contribution is -2.44. The third-order valence-electron chi connectivity index (χ3n) is 5.51. The second-order valence-electron chi connectivity index (χ2n) is 8.31. The van der Waals surface area contributed by atoms with E-state index in [9.17, 15) is 14.4 Å². The number of hydrogen-bond acceptors (Lipinski definition) is 8. The van der Waals surface area contributed by atoms with E-state index >= 15 is 0 Å². The summed E-state index contributed by atoms with van der Waals surface area (Å²) in [4.78, 5) is 46.2. The molecular weight excluding hydrogens is 533 g/mol. The van der Waals surface area contributed by atoms with Crippen LogP contribution in [0.4, 0.5) is 11.6 Å². The number of nitrogens with zero attached hydrogens (tertiary/aromatic N) is 4. The fourth-order valence-corrected chi connectivity index (χ4v) is 3.86. The summed E-state index contributed by atoms with van der Waals surface area (Å²) in [6, 6.07) is 17.0. The molecule has 4 aromatic rings. The molecule has 0 amide bonds. The zero-order valence-corrected chi connectivity index (χ0v) is 21.9. The number of pyridine rings is 1. The van der Waals surface area contributed by atoms with Gasteiger partial charge in [0.25, 0.3) is 0 Å². The summed E-state index contributed by atoms with van der Waals surface area (Å²) in [5.41, 5.74) is -0.114. The van der Waals surface area contributed by atoms with E-state index in [1.165, 1.54) is 17.9 Å². The van der Waals surface area contributed by atoms with Crippen molar-refractivity contribution in [1.82, 2.24) is 19.1 Å². The molecule has 4 rings (SSSR count). The number of methoxy groups -OCH3 is 1. The van der Waals surface area contributed by atoms with Crippen LogP contribution >= 0.6 is 23.2 Å². The van der Waals surface area contributed by atoms with Crippen LogP contribution in [0, 0.1) is 5.92 Å². The van der Waals surface area contributed by atoms with Gasteiger partial charge in [-0.25, -0.2) is 19.1 Å². The predicted molar refractivity (Wildman–Crippen MR) is 144 cm³/mol. The average molecular weight is 556 g/mol. The number of aromatic nitrogens is 4. The molecule has 0 aliphatic carbocycles. The Labute approximate surface area is 227 Å². The Bertz CT molecular complexity index is 1550. The molecule has 0 saturated heterocycles. The summed E-state index contributed by atoms with van der Waals surface area (Å²) < 4.78 is 12.7. The van der Waals surface area contributed by atoms with Gasteiger partial charge in [0.15, 0.2) is 0 Å². The lowest BCUT2D eigenvalue weighted by atomic mass is 10.2. The van der Waals surface area contributed by atoms with Crippen molar-refractivity contribution in [2.45, 2.75) is 20.0 Å². The van der Waals surface area contributed by atoms with E-state index in [-0.39, 0.29) is 19.0 Å². The van der Waals surface area contributed by atoms with Crippen LogP contribution in [0.5, 0.6) is 11.5 Å². The molecule has 0 aliphatic heterocycles. The number of benzene rings is 2. The molecule has 1 atom stereocenters. The maximum atomic E-state index is 13.4. The highest BCUT2D eigenvalue weighted by Crippen LogP contribution is 2.25. The molecule has 196 valence electrons. The minimum atomic E-state index is -0.796. The Morgan fingerprint density at radius 3 is 2.37 bits per heavy atom. The van der Waals surface area contributed by atoms with Gasteiger partial charge in [0.05, 0.1) is 19.6 Å². The van der Waals surface area contributed by atoms with Crippen LogP contribution in [0.15, 0.2) is 76.4 Å². The Kier molecular flexibility index (Phi) is 8.45. The zero-order chi connectivity index (χ0) is 27.2. The fraction of sp³-hybridized carbons (Fsp3) is 0.192. The van der Waals surface area contributed by atoms with E-state index in [1.54, 1.807) is 67.6 Å². The lowest BCUT2D eigenvalue weighted by Gasteiger charge is -2.17. The Hall–Kier alpha value is -4.15. The predicted octanol–water partition coefficient (Wildman–Crippen LogP) is 4.50. The van der Waals surface area contributed by atoms with Gasteiger partial charge in [-0.05, 0) is 48.0 Å². The van der Waals surface area contributed by atoms with Crippen LogP contribution in [-0.2, 0) is 22.6 Å². The van der Waals surface area contributed by atoms with Crippen LogP contribution < -0.4 is 21.4 Å². The highest BCUT2D eigenvalue weighted by atomic mass is 35.5. The van der Waals surface area contributed by atoms with Crippen molar-refractivity contribution in [1.29, 1.82) is 0 Å². The third kappa shape index (κ3) is 6.58. The van der Waals surface area contributed by atoms with E-state index in [0.29, 0.717) is 27.4 Å². The van der Waals surface area contributed by atoms with Crippen LogP contribution in [-0.4, -0.2) is 32.2 Å². The normalized spacial score (nSPS) is 11.6. The average Bonchev–Trinajstić information content (AvgIpc) is 2.90. The maximum absolute atomic E-state index is 13.4. The largest absolute Gasteiger partial charge is 0.469 e. The first kappa shape index (κ1) is 26.9. The Morgan fingerprint density at radius 1 is 1.00 bits per heavy atom. The summed E-state index contributed by atoms with van der Waals surface area (Å²) in [7, 11) is 1.24. The van der Waals surface area contributed by atoms with Gasteiger partial charge in [0.2, 0.25) is 5.95 Å². The molecule has 2 aromatic carbocycles. The minimum Gasteiger partial charge on any atom is -0.469 e. The molecule has 38 heavy (non-hydrogen) atoms. The van der Waals surface area contributed by atoms with E-state index in [1.807, 2.05) is 0 Å².